The van der Waals surface area contributed by atoms with Gasteiger partial charge in [-0.05, 0) is 100 Å². The molecule has 4 rings (SSSR count). The summed E-state index contributed by atoms with van der Waals surface area (Å²) in [7, 11) is 2.84. The number of aliphatic hydroxyl groups excluding tert-OH is 1. The van der Waals surface area contributed by atoms with Gasteiger partial charge >= 0.3 is 12.1 Å². The van der Waals surface area contributed by atoms with E-state index in [1.54, 1.807) is 55.4 Å². The average Bonchev–Trinajstić information content (AvgIpc) is 3.50. The van der Waals surface area contributed by atoms with Crippen LogP contribution in [-0.2, 0) is 38.0 Å². The Morgan fingerprint density at radius 3 is 2.22 bits per heavy atom. The molecule has 1 unspecified atom stereocenters. The average molecular weight is 872 g/mol. The van der Waals surface area contributed by atoms with Crippen molar-refractivity contribution >= 4 is 5.97 Å². The summed E-state index contributed by atoms with van der Waals surface area (Å²) in [6.07, 6.45) is -15.6. The fourth-order valence-corrected chi connectivity index (χ4v) is 9.96. The van der Waals surface area contributed by atoms with Gasteiger partial charge in [-0.25, -0.2) is 0 Å². The summed E-state index contributed by atoms with van der Waals surface area (Å²) >= 11 is 0. The van der Waals surface area contributed by atoms with Gasteiger partial charge in [0.25, 0.3) is 0 Å². The number of alkyl halides is 3. The summed E-state index contributed by atoms with van der Waals surface area (Å²) < 4.78 is 86.5. The lowest BCUT2D eigenvalue weighted by atomic mass is 9.75. The van der Waals surface area contributed by atoms with Crippen LogP contribution in [0, 0.1) is 17.8 Å². The molecule has 0 saturated carbocycles. The van der Waals surface area contributed by atoms with Crippen LogP contribution in [0.1, 0.15) is 108 Å². The molecule has 352 valence electrons. The Kier molecular flexibility index (Phi) is 17.0. The molecule has 6 N–H and O–H groups in total. The fourth-order valence-electron chi connectivity index (χ4n) is 9.96. The van der Waals surface area contributed by atoms with E-state index in [2.05, 4.69) is 10.6 Å². The highest BCUT2D eigenvalue weighted by Gasteiger charge is 2.60. The van der Waals surface area contributed by atoms with Crippen molar-refractivity contribution in [2.45, 2.75) is 210 Å². The Hall–Kier alpha value is -1.26. The number of rotatable bonds is 10. The summed E-state index contributed by atoms with van der Waals surface area (Å²) in [5.41, 5.74) is -6.34. The summed E-state index contributed by atoms with van der Waals surface area (Å²) in [5.74, 6) is -3.16. The van der Waals surface area contributed by atoms with Crippen molar-refractivity contribution in [3.8, 4) is 0 Å². The number of fused-ring (bicyclic) bond motifs is 1. The van der Waals surface area contributed by atoms with Crippen LogP contribution in [0.2, 0.25) is 0 Å². The molecule has 15 nitrogen and oxygen atoms in total. The van der Waals surface area contributed by atoms with Gasteiger partial charge in [0.05, 0.1) is 35.9 Å². The summed E-state index contributed by atoms with van der Waals surface area (Å²) in [6, 6.07) is -1.40. The number of aliphatic hydroxyl groups is 4. The largest absolute Gasteiger partial charge is 0.459 e. The minimum absolute atomic E-state index is 0.0101. The highest BCUT2D eigenvalue weighted by molar-refractivity contribution is 5.73. The minimum Gasteiger partial charge on any atom is -0.459 e. The second kappa shape index (κ2) is 19.9. The van der Waals surface area contributed by atoms with Crippen molar-refractivity contribution in [3.05, 3.63) is 0 Å². The van der Waals surface area contributed by atoms with Crippen LogP contribution in [0.15, 0.2) is 0 Å². The first-order chi connectivity index (χ1) is 27.7. The molecule has 0 aromatic carbocycles. The van der Waals surface area contributed by atoms with Crippen LogP contribution in [0.5, 0.6) is 0 Å². The number of halogens is 3. The summed E-state index contributed by atoms with van der Waals surface area (Å²) in [5, 5.41) is 54.2. The van der Waals surface area contributed by atoms with E-state index in [4.69, 9.17) is 33.2 Å². The molecule has 19 atom stereocenters. The molecule has 0 aromatic heterocycles. The van der Waals surface area contributed by atoms with E-state index in [-0.39, 0.29) is 44.7 Å². The Morgan fingerprint density at radius 2 is 1.63 bits per heavy atom. The van der Waals surface area contributed by atoms with Gasteiger partial charge in [0, 0.05) is 38.1 Å². The van der Waals surface area contributed by atoms with Crippen LogP contribution in [-0.4, -0.2) is 167 Å². The van der Waals surface area contributed by atoms with Crippen LogP contribution in [0.3, 0.4) is 0 Å². The van der Waals surface area contributed by atoms with E-state index in [0.29, 0.717) is 6.54 Å². The number of hydrogen-bond donors (Lipinski definition) is 6. The monoisotopic (exact) mass is 872 g/mol. The third-order valence-corrected chi connectivity index (χ3v) is 13.8. The smallest absolute Gasteiger partial charge is 0.428 e. The Balaban J connectivity index is 1.82. The summed E-state index contributed by atoms with van der Waals surface area (Å²) in [4.78, 5) is 15.5. The number of methoxy groups -OCH3 is 1. The van der Waals surface area contributed by atoms with Gasteiger partial charge in [-0.2, -0.15) is 13.2 Å². The Morgan fingerprint density at radius 1 is 0.983 bits per heavy atom. The zero-order valence-electron chi connectivity index (χ0n) is 38.0. The van der Waals surface area contributed by atoms with Crippen molar-refractivity contribution in [3.63, 3.8) is 0 Å². The van der Waals surface area contributed by atoms with Gasteiger partial charge in [0.2, 0.25) is 6.23 Å². The van der Waals surface area contributed by atoms with Crippen molar-refractivity contribution in [2.75, 3.05) is 33.8 Å². The van der Waals surface area contributed by atoms with Crippen LogP contribution in [0.4, 0.5) is 13.2 Å². The van der Waals surface area contributed by atoms with Gasteiger partial charge in [-0.15, -0.1) is 0 Å². The number of nitrogens with zero attached hydrogens (tertiary/aromatic N) is 1. The lowest BCUT2D eigenvalue weighted by molar-refractivity contribution is -0.336. The first-order valence-corrected chi connectivity index (χ1v) is 21.8. The van der Waals surface area contributed by atoms with E-state index in [1.165, 1.54) is 21.1 Å². The van der Waals surface area contributed by atoms with E-state index in [0.717, 1.165) is 11.3 Å². The van der Waals surface area contributed by atoms with Crippen molar-refractivity contribution in [2.24, 2.45) is 17.8 Å². The Bertz CT molecular complexity index is 1400. The standard InChI is InChI=1S/C42H76F3N3O12/c1-14-16-46-21-41(53)27(8)56-30(19-39(41,10)54-13)58-31-24(5)34(60-36-32-28(17-23(4)55-36)48(12)37(59-32)42(43,44)45)38(9,51)18-22(3)20-47-26(7)33(49)40(11,52)29(15-2)57-35(50)25(31)6/h22-34,36-37,46-47,49,51-53H,14-21H2,1-13H3/t22-,23-,24+,25-,26-,27+,28+,29-,30+,31+,32-,33-,34-,36+,37?,38-,39-,40-,41+/m1/s1. The zero-order valence-corrected chi connectivity index (χ0v) is 38.0. The van der Waals surface area contributed by atoms with Crippen molar-refractivity contribution in [1.29, 1.82) is 0 Å². The second-order valence-corrected chi connectivity index (χ2v) is 18.9. The number of carbonyl (C=O) groups excluding carboxylic acids is 1. The predicted octanol–water partition coefficient (Wildman–Crippen LogP) is 3.22. The maximum absolute atomic E-state index is 14.4. The lowest BCUT2D eigenvalue weighted by Gasteiger charge is -2.53. The topological polar surface area (TPSA) is 190 Å². The lowest BCUT2D eigenvalue weighted by Crippen LogP contribution is -2.70. The highest BCUT2D eigenvalue weighted by Crippen LogP contribution is 2.45. The van der Waals surface area contributed by atoms with Crippen LogP contribution in [0.25, 0.3) is 0 Å². The number of carbonyl (C=O) groups is 1. The molecule has 4 heterocycles. The first kappa shape index (κ1) is 51.4. The molecular weight excluding hydrogens is 795 g/mol. The van der Waals surface area contributed by atoms with E-state index >= 15 is 0 Å². The molecular formula is C42H76F3N3O12. The van der Waals surface area contributed by atoms with Gasteiger partial charge in [-0.3, -0.25) is 9.69 Å². The molecule has 4 aliphatic rings. The quantitative estimate of drug-likeness (QED) is 0.139. The number of likely N-dealkylation sites (N-methyl/N-ethyl adjacent to an activating group) is 1. The predicted molar refractivity (Wildman–Crippen MR) is 214 cm³/mol. The van der Waals surface area contributed by atoms with E-state index in [9.17, 15) is 38.4 Å². The SMILES string of the molecule is CCCNC[C@]1(O)[C@H](C)O[C@@H](O[C@H]2[C@H](C)[C@@H](O[C@@H]3O[C@H](C)C[C@H]4[C@H]3OC(C(F)(F)F)N4C)[C@](C)(O)C[C@@H](C)CN[C@H](C)[C@@H](O)[C@](C)(O)[C@@H](CC)OC(=O)[C@@H]2C)C[C@@]1(C)OC. The maximum Gasteiger partial charge on any atom is 0.428 e. The van der Waals surface area contributed by atoms with Gasteiger partial charge in [0.1, 0.15) is 35.1 Å². The fraction of sp³-hybridized carbons (Fsp3) is 0.976. The molecule has 60 heavy (non-hydrogen) atoms. The molecule has 0 bridgehead atoms. The van der Waals surface area contributed by atoms with Crippen LogP contribution >= 0.6 is 0 Å². The molecule has 18 heteroatoms. The van der Waals surface area contributed by atoms with Crippen LogP contribution < -0.4 is 10.6 Å². The molecule has 0 aromatic rings. The van der Waals surface area contributed by atoms with Gasteiger partial charge < -0.3 is 64.2 Å². The number of ether oxygens (including phenoxy) is 7. The Labute approximate surface area is 354 Å². The molecule has 0 spiro atoms. The first-order valence-electron chi connectivity index (χ1n) is 21.8. The second-order valence-electron chi connectivity index (χ2n) is 18.9. The normalized spacial score (nSPS) is 48.2. The van der Waals surface area contributed by atoms with E-state index in [1.807, 2.05) is 13.8 Å². The minimum atomic E-state index is -4.70. The molecule has 4 saturated heterocycles. The van der Waals surface area contributed by atoms with Gasteiger partial charge in [-0.1, -0.05) is 27.7 Å². The van der Waals surface area contributed by atoms with E-state index < -0.39 is 120 Å². The number of cyclic esters (lactones) is 1. The number of nitrogens with one attached hydrogen (secondary N) is 2. The van der Waals surface area contributed by atoms with Crippen molar-refractivity contribution in [1.82, 2.24) is 15.5 Å². The molecule has 0 amide bonds. The number of hydrogen-bond acceptors (Lipinski definition) is 15. The summed E-state index contributed by atoms with van der Waals surface area (Å²) in [6.45, 7) is 19.8. The highest BCUT2D eigenvalue weighted by atomic mass is 19.4. The van der Waals surface area contributed by atoms with Crippen molar-refractivity contribution < 1.29 is 71.5 Å². The molecule has 0 radical (unpaired) electrons. The number of esters is 1. The third-order valence-electron chi connectivity index (χ3n) is 13.8. The van der Waals surface area contributed by atoms with Gasteiger partial charge in [0.15, 0.2) is 12.6 Å². The molecule has 4 fully saturated rings. The third kappa shape index (κ3) is 10.8. The zero-order chi connectivity index (χ0) is 45.3. The molecule has 0 aliphatic carbocycles. The maximum atomic E-state index is 14.4. The molecule has 4 aliphatic heterocycles.